The van der Waals surface area contributed by atoms with E-state index in [4.69, 9.17) is 5.73 Å². The van der Waals surface area contributed by atoms with E-state index in [9.17, 15) is 13.6 Å². The molecule has 0 radical (unpaired) electrons. The Bertz CT molecular complexity index is 197. The molecule has 0 atom stereocenters. The second kappa shape index (κ2) is 6.31. The summed E-state index contributed by atoms with van der Waals surface area (Å²) in [6.45, 7) is 2.73. The van der Waals surface area contributed by atoms with Crippen molar-refractivity contribution in [1.29, 1.82) is 0 Å². The Morgan fingerprint density at radius 3 is 2.64 bits per heavy atom. The molecule has 0 heterocycles. The molecule has 0 aromatic rings. The number of carbonyl (C=O) groups is 1. The lowest BCUT2D eigenvalue weighted by Gasteiger charge is -2.13. The molecule has 0 rings (SSSR count). The van der Waals surface area contributed by atoms with E-state index < -0.39 is 18.3 Å². The van der Waals surface area contributed by atoms with Crippen LogP contribution in [0.5, 0.6) is 0 Å². The SMILES string of the molecule is C=COCCOC(=O)C(F)(F)CCN. The summed E-state index contributed by atoms with van der Waals surface area (Å²) in [6, 6.07) is 0. The minimum Gasteiger partial charge on any atom is -0.498 e. The highest BCUT2D eigenvalue weighted by Gasteiger charge is 2.39. The molecule has 0 aromatic carbocycles. The highest BCUT2D eigenvalue weighted by Crippen LogP contribution is 2.18. The van der Waals surface area contributed by atoms with Crippen molar-refractivity contribution in [3.8, 4) is 0 Å². The predicted octanol–water partition coefficient (Wildman–Crippen LogP) is 0.674. The molecule has 2 N–H and O–H groups in total. The van der Waals surface area contributed by atoms with Gasteiger partial charge in [-0.3, -0.25) is 0 Å². The van der Waals surface area contributed by atoms with Crippen LogP contribution in [0, 0.1) is 0 Å². The fourth-order valence-electron chi connectivity index (χ4n) is 0.655. The second-order valence-electron chi connectivity index (χ2n) is 2.42. The molecule has 6 heteroatoms. The van der Waals surface area contributed by atoms with Crippen LogP contribution in [0.3, 0.4) is 0 Å². The van der Waals surface area contributed by atoms with Gasteiger partial charge in [-0.25, -0.2) is 4.79 Å². The smallest absolute Gasteiger partial charge is 0.377 e. The molecule has 0 saturated heterocycles. The molecule has 82 valence electrons. The topological polar surface area (TPSA) is 61.5 Å². The van der Waals surface area contributed by atoms with Crippen molar-refractivity contribution in [2.75, 3.05) is 19.8 Å². The van der Waals surface area contributed by atoms with Gasteiger partial charge in [0.25, 0.3) is 0 Å². The summed E-state index contributed by atoms with van der Waals surface area (Å²) in [4.78, 5) is 10.7. The summed E-state index contributed by atoms with van der Waals surface area (Å²) in [5, 5.41) is 0. The van der Waals surface area contributed by atoms with Crippen LogP contribution in [0.15, 0.2) is 12.8 Å². The number of ether oxygens (including phenoxy) is 2. The largest absolute Gasteiger partial charge is 0.498 e. The van der Waals surface area contributed by atoms with Gasteiger partial charge in [-0.05, 0) is 6.54 Å². The van der Waals surface area contributed by atoms with Crippen LogP contribution in [-0.4, -0.2) is 31.7 Å². The predicted molar refractivity (Wildman–Crippen MR) is 45.7 cm³/mol. The summed E-state index contributed by atoms with van der Waals surface area (Å²) < 4.78 is 34.2. The number of rotatable bonds is 7. The number of alkyl halides is 2. The van der Waals surface area contributed by atoms with Crippen LogP contribution >= 0.6 is 0 Å². The molecule has 4 nitrogen and oxygen atoms in total. The molecular formula is C8H13F2NO3. The van der Waals surface area contributed by atoms with Crippen LogP contribution in [0.1, 0.15) is 6.42 Å². The fraction of sp³-hybridized carbons (Fsp3) is 0.625. The van der Waals surface area contributed by atoms with Gasteiger partial charge in [0, 0.05) is 6.42 Å². The van der Waals surface area contributed by atoms with Gasteiger partial charge in [0.2, 0.25) is 0 Å². The molecule has 0 unspecified atom stereocenters. The van der Waals surface area contributed by atoms with Crippen LogP contribution in [0.25, 0.3) is 0 Å². The van der Waals surface area contributed by atoms with Crippen molar-refractivity contribution in [2.45, 2.75) is 12.3 Å². The van der Waals surface area contributed by atoms with E-state index in [0.717, 1.165) is 6.26 Å². The molecule has 0 fully saturated rings. The first kappa shape index (κ1) is 12.8. The van der Waals surface area contributed by atoms with Gasteiger partial charge >= 0.3 is 11.9 Å². The number of esters is 1. The summed E-state index contributed by atoms with van der Waals surface area (Å²) >= 11 is 0. The van der Waals surface area contributed by atoms with Crippen LogP contribution < -0.4 is 5.73 Å². The lowest BCUT2D eigenvalue weighted by molar-refractivity contribution is -0.173. The van der Waals surface area contributed by atoms with E-state index in [1.165, 1.54) is 0 Å². The summed E-state index contributed by atoms with van der Waals surface area (Å²) in [7, 11) is 0. The Hall–Kier alpha value is -1.17. The molecular weight excluding hydrogens is 196 g/mol. The van der Waals surface area contributed by atoms with E-state index in [0.29, 0.717) is 0 Å². The first-order chi connectivity index (χ1) is 6.54. The van der Waals surface area contributed by atoms with E-state index >= 15 is 0 Å². The molecule has 14 heavy (non-hydrogen) atoms. The monoisotopic (exact) mass is 209 g/mol. The lowest BCUT2D eigenvalue weighted by Crippen LogP contribution is -2.33. The van der Waals surface area contributed by atoms with Crippen molar-refractivity contribution < 1.29 is 23.0 Å². The summed E-state index contributed by atoms with van der Waals surface area (Å²) in [5.74, 6) is -5.08. The highest BCUT2D eigenvalue weighted by molar-refractivity contribution is 5.77. The summed E-state index contributed by atoms with van der Waals surface area (Å²) in [6.07, 6.45) is 0.417. The summed E-state index contributed by atoms with van der Waals surface area (Å²) in [5.41, 5.74) is 4.90. The second-order valence-corrected chi connectivity index (χ2v) is 2.42. The van der Waals surface area contributed by atoms with E-state index in [-0.39, 0.29) is 19.8 Å². The fourth-order valence-corrected chi connectivity index (χ4v) is 0.655. The Kier molecular flexibility index (Phi) is 5.78. The third-order valence-corrected chi connectivity index (χ3v) is 1.31. The zero-order valence-corrected chi connectivity index (χ0v) is 7.67. The zero-order chi connectivity index (χ0) is 11.0. The number of hydrogen-bond acceptors (Lipinski definition) is 4. The van der Waals surface area contributed by atoms with Crippen molar-refractivity contribution in [3.63, 3.8) is 0 Å². The molecule has 0 saturated carbocycles. The Morgan fingerprint density at radius 2 is 2.14 bits per heavy atom. The number of carbonyl (C=O) groups excluding carboxylic acids is 1. The Balaban J connectivity index is 3.76. The molecule has 0 aromatic heterocycles. The van der Waals surface area contributed by atoms with Gasteiger partial charge in [0.1, 0.15) is 13.2 Å². The first-order valence-corrected chi connectivity index (χ1v) is 4.02. The van der Waals surface area contributed by atoms with E-state index in [2.05, 4.69) is 16.1 Å². The molecule has 0 spiro atoms. The van der Waals surface area contributed by atoms with Crippen LogP contribution in [-0.2, 0) is 14.3 Å². The standard InChI is InChI=1S/C8H13F2NO3/c1-2-13-5-6-14-7(12)8(9,10)3-4-11/h2H,1,3-6,11H2. The number of halogens is 2. The minimum atomic E-state index is -3.51. The van der Waals surface area contributed by atoms with Crippen molar-refractivity contribution in [1.82, 2.24) is 0 Å². The minimum absolute atomic E-state index is 0.00788. The lowest BCUT2D eigenvalue weighted by atomic mass is 10.2. The van der Waals surface area contributed by atoms with Gasteiger partial charge in [0.15, 0.2) is 0 Å². The van der Waals surface area contributed by atoms with E-state index in [1.807, 2.05) is 0 Å². The Labute approximate surface area is 80.7 Å². The van der Waals surface area contributed by atoms with Crippen molar-refractivity contribution in [2.24, 2.45) is 5.73 Å². The quantitative estimate of drug-likeness (QED) is 0.380. The van der Waals surface area contributed by atoms with Gasteiger partial charge in [-0.15, -0.1) is 0 Å². The first-order valence-electron chi connectivity index (χ1n) is 4.02. The molecule has 0 amide bonds. The number of hydrogen-bond donors (Lipinski definition) is 1. The van der Waals surface area contributed by atoms with Gasteiger partial charge in [-0.1, -0.05) is 6.58 Å². The normalized spacial score (nSPS) is 10.8. The Morgan fingerprint density at radius 1 is 1.50 bits per heavy atom. The highest BCUT2D eigenvalue weighted by atomic mass is 19.3. The third kappa shape index (κ3) is 4.76. The average Bonchev–Trinajstić information content (AvgIpc) is 2.12. The average molecular weight is 209 g/mol. The molecule has 0 aliphatic rings. The van der Waals surface area contributed by atoms with Gasteiger partial charge in [0.05, 0.1) is 6.26 Å². The van der Waals surface area contributed by atoms with Crippen LogP contribution in [0.2, 0.25) is 0 Å². The zero-order valence-electron chi connectivity index (χ0n) is 7.67. The maximum atomic E-state index is 12.7. The number of nitrogens with two attached hydrogens (primary N) is 1. The van der Waals surface area contributed by atoms with E-state index in [1.54, 1.807) is 0 Å². The maximum absolute atomic E-state index is 12.7. The molecule has 0 bridgehead atoms. The molecule has 0 aliphatic heterocycles. The third-order valence-electron chi connectivity index (χ3n) is 1.31. The molecule has 0 aliphatic carbocycles. The van der Waals surface area contributed by atoms with Crippen molar-refractivity contribution in [3.05, 3.63) is 12.8 Å². The van der Waals surface area contributed by atoms with Crippen molar-refractivity contribution >= 4 is 5.97 Å². The van der Waals surface area contributed by atoms with Crippen LogP contribution in [0.4, 0.5) is 8.78 Å². The van der Waals surface area contributed by atoms with Gasteiger partial charge in [-0.2, -0.15) is 8.78 Å². The van der Waals surface area contributed by atoms with Gasteiger partial charge < -0.3 is 15.2 Å². The maximum Gasteiger partial charge on any atom is 0.377 e.